The van der Waals surface area contributed by atoms with Gasteiger partial charge in [0.25, 0.3) is 5.24 Å². The number of amides is 4. The lowest BCUT2D eigenvalue weighted by Crippen LogP contribution is -2.18. The number of imide groups is 1. The number of nitrogens with one attached hydrogen (secondary N) is 1. The molecule has 8 nitrogen and oxygen atoms in total. The van der Waals surface area contributed by atoms with Crippen LogP contribution in [0, 0.1) is 0 Å². The van der Waals surface area contributed by atoms with Gasteiger partial charge in [-0.2, -0.15) is 8.42 Å². The van der Waals surface area contributed by atoms with Gasteiger partial charge in [-0.15, -0.1) is 0 Å². The molecule has 10 heteroatoms. The van der Waals surface area contributed by atoms with Crippen molar-refractivity contribution in [1.82, 2.24) is 5.32 Å². The van der Waals surface area contributed by atoms with Gasteiger partial charge in [0.2, 0.25) is 5.91 Å². The summed E-state index contributed by atoms with van der Waals surface area (Å²) in [7, 11) is -2.70. The van der Waals surface area contributed by atoms with Crippen molar-refractivity contribution in [1.29, 1.82) is 0 Å². The quantitative estimate of drug-likeness (QED) is 0.562. The van der Waals surface area contributed by atoms with Crippen LogP contribution in [-0.2, 0) is 15.3 Å². The predicted octanol–water partition coefficient (Wildman–Crippen LogP) is -0.903. The van der Waals surface area contributed by atoms with Crippen molar-refractivity contribution in [2.75, 3.05) is 5.75 Å². The van der Waals surface area contributed by atoms with Crippen LogP contribution in [0.1, 0.15) is 0 Å². The minimum absolute atomic E-state index is 0.185. The molecule has 0 spiro atoms. The normalized spacial score (nSPS) is 13.7. The molecule has 1 heterocycles. The number of hydrogen-bond donors (Lipinski definition) is 2. The number of carbonyl (C=O) groups is 3. The van der Waals surface area contributed by atoms with Crippen LogP contribution in [0.25, 0.3) is 0 Å². The van der Waals surface area contributed by atoms with Gasteiger partial charge in [0.1, 0.15) is 0 Å². The average molecular weight is 239 g/mol. The summed E-state index contributed by atoms with van der Waals surface area (Å²) < 4.78 is 21.0. The number of hydrogen-bond acceptors (Lipinski definition) is 6. The predicted molar refractivity (Wildman–Crippen MR) is 46.9 cm³/mol. The summed E-state index contributed by atoms with van der Waals surface area (Å²) in [6.07, 6.45) is 0. The molecule has 78 valence electrons. The Morgan fingerprint density at radius 3 is 2.14 bits per heavy atom. The molecule has 0 saturated carbocycles. The SMILES string of the molecule is NC(=O)N=S(=O)=O.O=C1CSC(=O)N1. The molecule has 1 aliphatic heterocycles. The average Bonchev–Trinajstić information content (AvgIpc) is 2.32. The molecule has 0 aliphatic carbocycles. The summed E-state index contributed by atoms with van der Waals surface area (Å²) in [6.45, 7) is 0. The Labute approximate surface area is 83.9 Å². The molecule has 0 aromatic carbocycles. The molecule has 0 unspecified atom stereocenters. The molecule has 0 atom stereocenters. The second kappa shape index (κ2) is 6.10. The van der Waals surface area contributed by atoms with Crippen molar-refractivity contribution >= 4 is 39.4 Å². The fourth-order valence-corrected chi connectivity index (χ4v) is 1.06. The van der Waals surface area contributed by atoms with E-state index in [0.717, 1.165) is 11.8 Å². The number of primary amides is 1. The first-order valence-electron chi connectivity index (χ1n) is 2.99. The Morgan fingerprint density at radius 2 is 2.07 bits per heavy atom. The summed E-state index contributed by atoms with van der Waals surface area (Å²) in [5.74, 6) is 0.105. The van der Waals surface area contributed by atoms with Crippen LogP contribution in [0.4, 0.5) is 9.59 Å². The molecule has 0 aromatic rings. The zero-order valence-corrected chi connectivity index (χ0v) is 8.22. The van der Waals surface area contributed by atoms with Crippen LogP contribution in [-0.4, -0.2) is 31.3 Å². The van der Waals surface area contributed by atoms with Crippen LogP contribution in [0.5, 0.6) is 0 Å². The minimum Gasteiger partial charge on any atom is -0.349 e. The third kappa shape index (κ3) is 7.24. The van der Waals surface area contributed by atoms with E-state index in [9.17, 15) is 22.8 Å². The van der Waals surface area contributed by atoms with Crippen molar-refractivity contribution in [3.05, 3.63) is 0 Å². The van der Waals surface area contributed by atoms with Crippen molar-refractivity contribution in [2.45, 2.75) is 0 Å². The zero-order valence-electron chi connectivity index (χ0n) is 6.59. The Bertz CT molecular complexity index is 364. The number of nitrogens with two attached hydrogens (primary N) is 1. The van der Waals surface area contributed by atoms with Gasteiger partial charge in [0, 0.05) is 0 Å². The lowest BCUT2D eigenvalue weighted by atomic mass is 10.7. The van der Waals surface area contributed by atoms with E-state index in [1.807, 2.05) is 0 Å². The van der Waals surface area contributed by atoms with E-state index in [4.69, 9.17) is 0 Å². The molecule has 0 aromatic heterocycles. The summed E-state index contributed by atoms with van der Waals surface area (Å²) in [4.78, 5) is 29.7. The molecule has 1 rings (SSSR count). The number of thioether (sulfide) groups is 1. The third-order valence-electron chi connectivity index (χ3n) is 0.740. The Morgan fingerprint density at radius 1 is 1.50 bits per heavy atom. The first kappa shape index (κ1) is 12.6. The summed E-state index contributed by atoms with van der Waals surface area (Å²) in [5, 5.41) is 1.87. The zero-order chi connectivity index (χ0) is 11.1. The van der Waals surface area contributed by atoms with Crippen LogP contribution < -0.4 is 11.1 Å². The monoisotopic (exact) mass is 239 g/mol. The van der Waals surface area contributed by atoms with Crippen LogP contribution in [0.15, 0.2) is 4.36 Å². The van der Waals surface area contributed by atoms with Gasteiger partial charge in [-0.05, 0) is 0 Å². The van der Waals surface area contributed by atoms with Gasteiger partial charge < -0.3 is 5.73 Å². The number of rotatable bonds is 0. The van der Waals surface area contributed by atoms with Gasteiger partial charge >= 0.3 is 16.5 Å². The van der Waals surface area contributed by atoms with Gasteiger partial charge in [-0.25, -0.2) is 4.79 Å². The number of urea groups is 1. The van der Waals surface area contributed by atoms with E-state index in [1.165, 1.54) is 0 Å². The first-order valence-corrected chi connectivity index (χ1v) is 5.00. The lowest BCUT2D eigenvalue weighted by Gasteiger charge is -1.77. The Hall–Kier alpha value is -1.42. The van der Waals surface area contributed by atoms with E-state index >= 15 is 0 Å². The first-order chi connectivity index (χ1) is 6.41. The molecule has 0 bridgehead atoms. The molecular formula is C4H5N3O5S2. The maximum absolute atomic E-state index is 10.1. The summed E-state index contributed by atoms with van der Waals surface area (Å²) in [6, 6.07) is -1.20. The summed E-state index contributed by atoms with van der Waals surface area (Å²) >= 11 is 1.01. The fraction of sp³-hybridized carbons (Fsp3) is 0.250. The second-order valence-electron chi connectivity index (χ2n) is 1.77. The number of nitrogens with zero attached hydrogens (tertiary/aromatic N) is 1. The highest BCUT2D eigenvalue weighted by Crippen LogP contribution is 2.06. The van der Waals surface area contributed by atoms with Gasteiger partial charge in [0.15, 0.2) is 0 Å². The smallest absolute Gasteiger partial charge is 0.349 e. The molecule has 14 heavy (non-hydrogen) atoms. The second-order valence-corrected chi connectivity index (χ2v) is 3.34. The Balaban J connectivity index is 0.000000241. The minimum atomic E-state index is -2.70. The molecule has 1 aliphatic rings. The van der Waals surface area contributed by atoms with Crippen molar-refractivity contribution in [3.8, 4) is 0 Å². The topological polar surface area (TPSA) is 136 Å². The van der Waals surface area contributed by atoms with E-state index in [-0.39, 0.29) is 11.1 Å². The molecule has 1 saturated heterocycles. The Kier molecular flexibility index (Phi) is 5.48. The molecular weight excluding hydrogens is 234 g/mol. The lowest BCUT2D eigenvalue weighted by molar-refractivity contribution is -0.117. The largest absolute Gasteiger partial charge is 0.353 e. The van der Waals surface area contributed by atoms with Crippen molar-refractivity contribution in [3.63, 3.8) is 0 Å². The maximum atomic E-state index is 10.1. The molecule has 0 radical (unpaired) electrons. The number of carbonyl (C=O) groups excluding carboxylic acids is 3. The van der Waals surface area contributed by atoms with Gasteiger partial charge in [-0.3, -0.25) is 14.9 Å². The summed E-state index contributed by atoms with van der Waals surface area (Å²) in [5.41, 5.74) is 4.29. The molecule has 4 amide bonds. The maximum Gasteiger partial charge on any atom is 0.353 e. The van der Waals surface area contributed by atoms with Gasteiger partial charge in [-0.1, -0.05) is 16.1 Å². The van der Waals surface area contributed by atoms with E-state index in [0.29, 0.717) is 5.75 Å². The standard InChI is InChI=1S/C3H3NO2S.CH2N2O3S/c5-2-1-7-3(6)4-2;2-1(4)3-7(5)6/h1H2,(H,4,5,6);(H2,2,4). The molecule has 1 fully saturated rings. The van der Waals surface area contributed by atoms with Gasteiger partial charge in [0.05, 0.1) is 5.75 Å². The van der Waals surface area contributed by atoms with Crippen LogP contribution in [0.3, 0.4) is 0 Å². The van der Waals surface area contributed by atoms with E-state index in [1.54, 1.807) is 0 Å². The highest BCUT2D eigenvalue weighted by Gasteiger charge is 2.16. The van der Waals surface area contributed by atoms with E-state index < -0.39 is 16.5 Å². The highest BCUT2D eigenvalue weighted by atomic mass is 32.2. The van der Waals surface area contributed by atoms with Crippen molar-refractivity contribution < 1.29 is 22.8 Å². The van der Waals surface area contributed by atoms with E-state index in [2.05, 4.69) is 15.4 Å². The third-order valence-corrected chi connectivity index (χ3v) is 1.84. The fourth-order valence-electron chi connectivity index (χ4n) is 0.391. The highest BCUT2D eigenvalue weighted by molar-refractivity contribution is 8.14. The van der Waals surface area contributed by atoms with Crippen molar-refractivity contribution in [2.24, 2.45) is 10.1 Å². The van der Waals surface area contributed by atoms with Crippen LogP contribution in [0.2, 0.25) is 0 Å². The van der Waals surface area contributed by atoms with Crippen LogP contribution >= 0.6 is 11.8 Å². The molecule has 3 N–H and O–H groups in total.